The second-order valence-corrected chi connectivity index (χ2v) is 6.62. The van der Waals surface area contributed by atoms with Crippen LogP contribution in [0.3, 0.4) is 0 Å². The molecule has 0 bridgehead atoms. The molecule has 136 valence electrons. The molecule has 0 radical (unpaired) electrons. The Morgan fingerprint density at radius 3 is 2.27 bits per heavy atom. The second kappa shape index (κ2) is 8.43. The lowest BCUT2D eigenvalue weighted by atomic mass is 10.1. The summed E-state index contributed by atoms with van der Waals surface area (Å²) in [5.41, 5.74) is 0.655. The zero-order valence-corrected chi connectivity index (χ0v) is 15.0. The normalized spacial score (nSPS) is 11.6. The monoisotopic (exact) mass is 375 g/mol. The maximum atomic E-state index is 12.4. The van der Waals surface area contributed by atoms with Crippen molar-refractivity contribution < 1.29 is 14.6 Å². The third-order valence-corrected chi connectivity index (χ3v) is 4.94. The maximum absolute atomic E-state index is 12.4. The SMILES string of the molecule is CC(c1cccc([N+](=O)[O-])c1)N(C)C(=O)CSc1ccc([N+](=O)[O-])cc1. The van der Waals surface area contributed by atoms with E-state index < -0.39 is 9.85 Å². The third kappa shape index (κ3) is 4.79. The number of rotatable bonds is 7. The van der Waals surface area contributed by atoms with Crippen LogP contribution >= 0.6 is 11.8 Å². The van der Waals surface area contributed by atoms with E-state index in [1.807, 2.05) is 0 Å². The van der Waals surface area contributed by atoms with Gasteiger partial charge in [-0.15, -0.1) is 11.8 Å². The van der Waals surface area contributed by atoms with Gasteiger partial charge in [0, 0.05) is 36.2 Å². The Morgan fingerprint density at radius 2 is 1.69 bits per heavy atom. The van der Waals surface area contributed by atoms with Crippen LogP contribution in [0.25, 0.3) is 0 Å². The Morgan fingerprint density at radius 1 is 1.08 bits per heavy atom. The van der Waals surface area contributed by atoms with Crippen LogP contribution < -0.4 is 0 Å². The molecule has 1 amide bonds. The number of nitrogens with zero attached hydrogens (tertiary/aromatic N) is 3. The van der Waals surface area contributed by atoms with Crippen LogP contribution in [0.4, 0.5) is 11.4 Å². The highest BCUT2D eigenvalue weighted by Crippen LogP contribution is 2.25. The standard InChI is InChI=1S/C17H17N3O5S/c1-12(13-4-3-5-15(10-13)20(24)25)18(2)17(21)11-26-16-8-6-14(7-9-16)19(22)23/h3-10,12H,11H2,1-2H3. The van der Waals surface area contributed by atoms with Gasteiger partial charge in [-0.2, -0.15) is 0 Å². The van der Waals surface area contributed by atoms with Crippen LogP contribution in [-0.4, -0.2) is 33.5 Å². The van der Waals surface area contributed by atoms with E-state index in [2.05, 4.69) is 0 Å². The van der Waals surface area contributed by atoms with Crippen LogP contribution in [0.15, 0.2) is 53.4 Å². The molecule has 2 rings (SSSR count). The van der Waals surface area contributed by atoms with Gasteiger partial charge in [0.25, 0.3) is 11.4 Å². The number of hydrogen-bond acceptors (Lipinski definition) is 6. The number of benzene rings is 2. The van der Waals surface area contributed by atoms with Gasteiger partial charge in [0.2, 0.25) is 5.91 Å². The van der Waals surface area contributed by atoms with Gasteiger partial charge in [-0.05, 0) is 24.6 Å². The maximum Gasteiger partial charge on any atom is 0.269 e. The van der Waals surface area contributed by atoms with E-state index in [9.17, 15) is 25.0 Å². The number of carbonyl (C=O) groups excluding carboxylic acids is 1. The molecule has 0 spiro atoms. The lowest BCUT2D eigenvalue weighted by Crippen LogP contribution is -2.31. The minimum absolute atomic E-state index is 0.00270. The van der Waals surface area contributed by atoms with Gasteiger partial charge < -0.3 is 4.90 Å². The molecule has 0 saturated carbocycles. The Balaban J connectivity index is 1.99. The molecular formula is C17H17N3O5S. The first-order valence-electron chi connectivity index (χ1n) is 7.67. The van der Waals surface area contributed by atoms with Crippen molar-refractivity contribution in [2.24, 2.45) is 0 Å². The van der Waals surface area contributed by atoms with Crippen LogP contribution in [0.2, 0.25) is 0 Å². The minimum atomic E-state index is -0.478. The van der Waals surface area contributed by atoms with Gasteiger partial charge in [0.05, 0.1) is 21.6 Å². The molecule has 2 aromatic carbocycles. The topological polar surface area (TPSA) is 107 Å². The fourth-order valence-electron chi connectivity index (χ4n) is 2.25. The summed E-state index contributed by atoms with van der Waals surface area (Å²) in [6.07, 6.45) is 0. The minimum Gasteiger partial charge on any atom is -0.338 e. The number of hydrogen-bond donors (Lipinski definition) is 0. The van der Waals surface area contributed by atoms with Crippen molar-refractivity contribution in [2.75, 3.05) is 12.8 Å². The quantitative estimate of drug-likeness (QED) is 0.414. The third-order valence-electron chi connectivity index (χ3n) is 3.95. The highest BCUT2D eigenvalue weighted by Gasteiger charge is 2.19. The zero-order chi connectivity index (χ0) is 19.3. The van der Waals surface area contributed by atoms with Crippen LogP contribution in [0.5, 0.6) is 0 Å². The molecule has 0 N–H and O–H groups in total. The summed E-state index contributed by atoms with van der Waals surface area (Å²) in [5, 5.41) is 21.5. The van der Waals surface area contributed by atoms with Crippen molar-refractivity contribution >= 4 is 29.0 Å². The predicted molar refractivity (Wildman–Crippen MR) is 98.1 cm³/mol. The van der Waals surface area contributed by atoms with Gasteiger partial charge in [-0.3, -0.25) is 25.0 Å². The van der Waals surface area contributed by atoms with Crippen molar-refractivity contribution in [3.63, 3.8) is 0 Å². The number of carbonyl (C=O) groups is 1. The van der Waals surface area contributed by atoms with Crippen LogP contribution in [-0.2, 0) is 4.79 Å². The summed E-state index contributed by atoms with van der Waals surface area (Å²) in [4.78, 5) is 35.2. The molecule has 9 heteroatoms. The first kappa shape index (κ1) is 19.4. The second-order valence-electron chi connectivity index (χ2n) is 5.57. The largest absolute Gasteiger partial charge is 0.338 e. The fraction of sp³-hybridized carbons (Fsp3) is 0.235. The molecule has 0 aliphatic heterocycles. The average Bonchev–Trinajstić information content (AvgIpc) is 2.65. The molecule has 1 unspecified atom stereocenters. The van der Waals surface area contributed by atoms with Gasteiger partial charge >= 0.3 is 0 Å². The Hall–Kier alpha value is -2.94. The number of non-ortho nitro benzene ring substituents is 2. The molecule has 0 aromatic heterocycles. The van der Waals surface area contributed by atoms with Gasteiger partial charge in [0.15, 0.2) is 0 Å². The van der Waals surface area contributed by atoms with Crippen molar-refractivity contribution in [3.05, 3.63) is 74.3 Å². The molecule has 2 aromatic rings. The molecule has 8 nitrogen and oxygen atoms in total. The lowest BCUT2D eigenvalue weighted by Gasteiger charge is -2.25. The Bertz CT molecular complexity index is 825. The lowest BCUT2D eigenvalue weighted by molar-refractivity contribution is -0.385. The molecule has 26 heavy (non-hydrogen) atoms. The smallest absolute Gasteiger partial charge is 0.269 e. The molecule has 0 aliphatic carbocycles. The van der Waals surface area contributed by atoms with E-state index in [4.69, 9.17) is 0 Å². The average molecular weight is 375 g/mol. The van der Waals surface area contributed by atoms with E-state index in [1.165, 1.54) is 40.9 Å². The van der Waals surface area contributed by atoms with Crippen molar-refractivity contribution in [1.29, 1.82) is 0 Å². The summed E-state index contributed by atoms with van der Waals surface area (Å²) < 4.78 is 0. The fourth-order valence-corrected chi connectivity index (χ4v) is 3.07. The van der Waals surface area contributed by atoms with Crippen molar-refractivity contribution in [3.8, 4) is 0 Å². The van der Waals surface area contributed by atoms with Crippen LogP contribution in [0, 0.1) is 20.2 Å². The van der Waals surface area contributed by atoms with E-state index in [0.29, 0.717) is 5.56 Å². The number of amides is 1. The highest BCUT2D eigenvalue weighted by molar-refractivity contribution is 8.00. The van der Waals surface area contributed by atoms with Gasteiger partial charge in [-0.25, -0.2) is 0 Å². The molecule has 0 aliphatic rings. The molecule has 0 saturated heterocycles. The predicted octanol–water partition coefficient (Wildman–Crippen LogP) is 3.81. The molecular weight excluding hydrogens is 358 g/mol. The van der Waals surface area contributed by atoms with Crippen molar-refractivity contribution in [1.82, 2.24) is 4.90 Å². The van der Waals surface area contributed by atoms with Crippen molar-refractivity contribution in [2.45, 2.75) is 17.9 Å². The van der Waals surface area contributed by atoms with E-state index in [-0.39, 0.29) is 29.1 Å². The summed E-state index contributed by atoms with van der Waals surface area (Å²) in [5.74, 6) is 0.0143. The number of nitro groups is 2. The van der Waals surface area contributed by atoms with Gasteiger partial charge in [-0.1, -0.05) is 12.1 Å². The Labute approximate surface area is 154 Å². The summed E-state index contributed by atoms with van der Waals surface area (Å²) in [6.45, 7) is 1.80. The first-order chi connectivity index (χ1) is 12.3. The Kier molecular flexibility index (Phi) is 6.29. The summed E-state index contributed by atoms with van der Waals surface area (Å²) >= 11 is 1.28. The zero-order valence-electron chi connectivity index (χ0n) is 14.2. The highest BCUT2D eigenvalue weighted by atomic mass is 32.2. The summed E-state index contributed by atoms with van der Waals surface area (Å²) in [7, 11) is 1.64. The van der Waals surface area contributed by atoms with E-state index in [1.54, 1.807) is 38.2 Å². The first-order valence-corrected chi connectivity index (χ1v) is 8.65. The summed E-state index contributed by atoms with van der Waals surface area (Å²) in [6, 6.07) is 11.9. The molecule has 0 fully saturated rings. The van der Waals surface area contributed by atoms with Gasteiger partial charge in [0.1, 0.15) is 0 Å². The number of nitro benzene ring substituents is 2. The van der Waals surface area contributed by atoms with E-state index >= 15 is 0 Å². The molecule has 0 heterocycles. The molecule has 1 atom stereocenters. The number of thioether (sulfide) groups is 1. The van der Waals surface area contributed by atoms with Crippen LogP contribution in [0.1, 0.15) is 18.5 Å². The van der Waals surface area contributed by atoms with E-state index in [0.717, 1.165) is 4.90 Å².